The molecular weight excluding hydrogens is 280 g/mol. The van der Waals surface area contributed by atoms with Crippen molar-refractivity contribution in [1.29, 1.82) is 0 Å². The number of anilines is 1. The minimum Gasteiger partial charge on any atom is -0.490 e. The van der Waals surface area contributed by atoms with Crippen LogP contribution in [-0.4, -0.2) is 29.0 Å². The molecular formula is C16H18N4O2. The van der Waals surface area contributed by atoms with E-state index in [1.165, 1.54) is 18.0 Å². The molecule has 0 fully saturated rings. The first-order valence-electron chi connectivity index (χ1n) is 7.22. The van der Waals surface area contributed by atoms with Crippen molar-refractivity contribution in [2.45, 2.75) is 26.0 Å². The number of carbonyl (C=O) groups excluding carboxylic acids is 1. The van der Waals surface area contributed by atoms with Gasteiger partial charge in [-0.25, -0.2) is 9.97 Å². The molecule has 22 heavy (non-hydrogen) atoms. The van der Waals surface area contributed by atoms with Gasteiger partial charge in [-0.1, -0.05) is 12.1 Å². The lowest BCUT2D eigenvalue weighted by molar-refractivity contribution is 0.0950. The first-order valence-corrected chi connectivity index (χ1v) is 7.22. The number of amides is 1. The van der Waals surface area contributed by atoms with E-state index in [1.807, 2.05) is 12.1 Å². The van der Waals surface area contributed by atoms with Gasteiger partial charge in [-0.2, -0.15) is 0 Å². The van der Waals surface area contributed by atoms with Crippen LogP contribution in [0.2, 0.25) is 0 Å². The highest BCUT2D eigenvalue weighted by molar-refractivity contribution is 5.93. The van der Waals surface area contributed by atoms with E-state index in [0.29, 0.717) is 18.1 Å². The van der Waals surface area contributed by atoms with E-state index >= 15 is 0 Å². The number of carbonyl (C=O) groups is 1. The molecule has 1 aromatic heterocycles. The summed E-state index contributed by atoms with van der Waals surface area (Å²) < 4.78 is 5.67. The number of nitrogens with zero attached hydrogens (tertiary/aromatic N) is 2. The highest BCUT2D eigenvalue weighted by Gasteiger charge is 2.18. The Balaban J connectivity index is 1.62. The zero-order valence-corrected chi connectivity index (χ0v) is 12.6. The van der Waals surface area contributed by atoms with Gasteiger partial charge in [0.05, 0.1) is 5.56 Å². The van der Waals surface area contributed by atoms with Gasteiger partial charge in [0, 0.05) is 32.4 Å². The average molecular weight is 298 g/mol. The Kier molecular flexibility index (Phi) is 3.91. The molecule has 1 amide bonds. The predicted octanol–water partition coefficient (Wildman–Crippen LogP) is 1.77. The third-order valence-electron chi connectivity index (χ3n) is 3.55. The maximum absolute atomic E-state index is 12.1. The fourth-order valence-electron chi connectivity index (χ4n) is 2.44. The molecule has 2 aromatic rings. The summed E-state index contributed by atoms with van der Waals surface area (Å²) in [5, 5.41) is 5.69. The maximum atomic E-state index is 12.1. The van der Waals surface area contributed by atoms with Crippen molar-refractivity contribution in [3.8, 4) is 5.75 Å². The average Bonchev–Trinajstić information content (AvgIpc) is 2.92. The number of hydrogen-bond donors (Lipinski definition) is 2. The van der Waals surface area contributed by atoms with Crippen molar-refractivity contribution < 1.29 is 9.53 Å². The Morgan fingerprint density at radius 2 is 2.14 bits per heavy atom. The Hall–Kier alpha value is -2.63. The van der Waals surface area contributed by atoms with Crippen molar-refractivity contribution in [2.24, 2.45) is 0 Å². The van der Waals surface area contributed by atoms with E-state index in [-0.39, 0.29) is 12.0 Å². The summed E-state index contributed by atoms with van der Waals surface area (Å²) in [6.45, 7) is 2.52. The Labute approximate surface area is 128 Å². The highest BCUT2D eigenvalue weighted by Crippen LogP contribution is 2.29. The van der Waals surface area contributed by atoms with E-state index in [1.54, 1.807) is 7.05 Å². The first-order chi connectivity index (χ1) is 10.7. The second-order valence-corrected chi connectivity index (χ2v) is 5.30. The van der Waals surface area contributed by atoms with Crippen molar-refractivity contribution in [3.63, 3.8) is 0 Å². The summed E-state index contributed by atoms with van der Waals surface area (Å²) >= 11 is 0. The summed E-state index contributed by atoms with van der Waals surface area (Å²) in [7, 11) is 1.73. The monoisotopic (exact) mass is 298 g/mol. The molecule has 6 heteroatoms. The summed E-state index contributed by atoms with van der Waals surface area (Å²) in [5.41, 5.74) is 2.69. The van der Waals surface area contributed by atoms with Gasteiger partial charge in [0.15, 0.2) is 0 Å². The lowest BCUT2D eigenvalue weighted by Gasteiger charge is -2.07. The van der Waals surface area contributed by atoms with E-state index in [4.69, 9.17) is 4.74 Å². The Morgan fingerprint density at radius 1 is 1.36 bits per heavy atom. The van der Waals surface area contributed by atoms with Gasteiger partial charge in [-0.3, -0.25) is 4.79 Å². The second-order valence-electron chi connectivity index (χ2n) is 5.30. The molecule has 0 bridgehead atoms. The number of hydrogen-bond acceptors (Lipinski definition) is 5. The molecule has 0 saturated carbocycles. The fraction of sp³-hybridized carbons (Fsp3) is 0.312. The third kappa shape index (κ3) is 3.00. The number of aromatic nitrogens is 2. The molecule has 0 aliphatic carbocycles. The molecule has 2 N–H and O–H groups in total. The van der Waals surface area contributed by atoms with Crippen LogP contribution in [0, 0.1) is 0 Å². The second kappa shape index (κ2) is 6.01. The van der Waals surface area contributed by atoms with Gasteiger partial charge < -0.3 is 15.4 Å². The topological polar surface area (TPSA) is 76.1 Å². The summed E-state index contributed by atoms with van der Waals surface area (Å²) in [5.74, 6) is 1.25. The molecule has 0 saturated heterocycles. The molecule has 114 valence electrons. The molecule has 1 aliphatic heterocycles. The molecule has 1 atom stereocenters. The van der Waals surface area contributed by atoms with Crippen LogP contribution in [0.3, 0.4) is 0 Å². The minimum atomic E-state index is -0.187. The minimum absolute atomic E-state index is 0.187. The van der Waals surface area contributed by atoms with Crippen LogP contribution in [0.15, 0.2) is 30.6 Å². The molecule has 1 unspecified atom stereocenters. The number of ether oxygens (including phenoxy) is 1. The van der Waals surface area contributed by atoms with Crippen LogP contribution in [0.1, 0.15) is 28.4 Å². The number of fused-ring (bicyclic) bond motifs is 1. The number of rotatable bonds is 4. The van der Waals surface area contributed by atoms with Crippen LogP contribution in [0.25, 0.3) is 0 Å². The summed E-state index contributed by atoms with van der Waals surface area (Å²) in [6, 6.07) is 6.02. The van der Waals surface area contributed by atoms with Crippen molar-refractivity contribution >= 4 is 11.9 Å². The molecule has 0 radical (unpaired) electrons. The molecule has 6 nitrogen and oxygen atoms in total. The van der Waals surface area contributed by atoms with Gasteiger partial charge in [-0.15, -0.1) is 0 Å². The lowest BCUT2D eigenvalue weighted by Crippen LogP contribution is -2.23. The smallest absolute Gasteiger partial charge is 0.254 e. The molecule has 2 heterocycles. The standard InChI is InChI=1S/C16H18N4O2/c1-10-5-12-6-11(3-4-14(12)22-10)7-18-15(21)13-8-19-16(17-2)20-9-13/h3-4,6,8-10H,5,7H2,1-2H3,(H,18,21)(H,17,19,20). The first kappa shape index (κ1) is 14.3. The normalized spacial score (nSPS) is 15.8. The SMILES string of the molecule is CNc1ncc(C(=O)NCc2ccc3c(c2)CC(C)O3)cn1. The maximum Gasteiger partial charge on any atom is 0.254 e. The van der Waals surface area contributed by atoms with E-state index in [0.717, 1.165) is 17.7 Å². The summed E-state index contributed by atoms with van der Waals surface area (Å²) in [6.07, 6.45) is 4.15. The van der Waals surface area contributed by atoms with Gasteiger partial charge in [0.2, 0.25) is 5.95 Å². The predicted molar refractivity (Wildman–Crippen MR) is 83.0 cm³/mol. The highest BCUT2D eigenvalue weighted by atomic mass is 16.5. The van der Waals surface area contributed by atoms with Crippen molar-refractivity contribution in [2.75, 3.05) is 12.4 Å². The molecule has 1 aromatic carbocycles. The van der Waals surface area contributed by atoms with Crippen LogP contribution < -0.4 is 15.4 Å². The van der Waals surface area contributed by atoms with E-state index in [9.17, 15) is 4.79 Å². The van der Waals surface area contributed by atoms with Crippen LogP contribution in [-0.2, 0) is 13.0 Å². The van der Waals surface area contributed by atoms with E-state index in [2.05, 4.69) is 33.6 Å². The van der Waals surface area contributed by atoms with Crippen molar-refractivity contribution in [1.82, 2.24) is 15.3 Å². The van der Waals surface area contributed by atoms with Gasteiger partial charge in [0.1, 0.15) is 11.9 Å². The van der Waals surface area contributed by atoms with Gasteiger partial charge in [0.25, 0.3) is 5.91 Å². The van der Waals surface area contributed by atoms with E-state index < -0.39 is 0 Å². The number of nitrogens with one attached hydrogen (secondary N) is 2. The van der Waals surface area contributed by atoms with Gasteiger partial charge >= 0.3 is 0 Å². The number of benzene rings is 1. The lowest BCUT2D eigenvalue weighted by atomic mass is 10.1. The van der Waals surface area contributed by atoms with Crippen LogP contribution in [0.4, 0.5) is 5.95 Å². The third-order valence-corrected chi connectivity index (χ3v) is 3.55. The molecule has 3 rings (SSSR count). The van der Waals surface area contributed by atoms with Crippen LogP contribution in [0.5, 0.6) is 5.75 Å². The zero-order valence-electron chi connectivity index (χ0n) is 12.6. The van der Waals surface area contributed by atoms with Crippen LogP contribution >= 0.6 is 0 Å². The Morgan fingerprint density at radius 3 is 2.86 bits per heavy atom. The molecule has 1 aliphatic rings. The summed E-state index contributed by atoms with van der Waals surface area (Å²) in [4.78, 5) is 20.1. The Bertz CT molecular complexity index is 685. The van der Waals surface area contributed by atoms with Gasteiger partial charge in [-0.05, 0) is 24.1 Å². The fourth-order valence-corrected chi connectivity index (χ4v) is 2.44. The molecule has 0 spiro atoms. The van der Waals surface area contributed by atoms with Crippen molar-refractivity contribution in [3.05, 3.63) is 47.3 Å². The zero-order chi connectivity index (χ0) is 15.5. The largest absolute Gasteiger partial charge is 0.490 e. The quantitative estimate of drug-likeness (QED) is 0.899.